The highest BCUT2D eigenvalue weighted by Gasteiger charge is 2.39. The Hall–Kier alpha value is -1.40. The van der Waals surface area contributed by atoms with Crippen molar-refractivity contribution in [2.45, 2.75) is 18.4 Å². The SMILES string of the molecule is CN(C)c1ccnc(N2CCOC3(CCOCC3)C2)n1. The first-order valence-corrected chi connectivity index (χ1v) is 7.16. The van der Waals surface area contributed by atoms with Crippen molar-refractivity contribution in [3.05, 3.63) is 12.3 Å². The standard InChI is InChI=1S/C14H22N4O2/c1-17(2)12-3-6-15-13(16-12)18-7-10-20-14(11-18)4-8-19-9-5-14/h3,6H,4-5,7-11H2,1-2H3. The Morgan fingerprint density at radius 2 is 2.05 bits per heavy atom. The smallest absolute Gasteiger partial charge is 0.227 e. The molecule has 3 heterocycles. The number of hydrogen-bond acceptors (Lipinski definition) is 6. The van der Waals surface area contributed by atoms with Gasteiger partial charge in [0.15, 0.2) is 0 Å². The van der Waals surface area contributed by atoms with Crippen molar-refractivity contribution in [3.8, 4) is 0 Å². The summed E-state index contributed by atoms with van der Waals surface area (Å²) in [5.74, 6) is 1.73. The average Bonchev–Trinajstić information content (AvgIpc) is 2.48. The Balaban J connectivity index is 1.78. The molecule has 2 saturated heterocycles. The van der Waals surface area contributed by atoms with Gasteiger partial charge in [0.25, 0.3) is 0 Å². The van der Waals surface area contributed by atoms with Gasteiger partial charge in [-0.2, -0.15) is 4.98 Å². The summed E-state index contributed by atoms with van der Waals surface area (Å²) in [6.45, 7) is 4.00. The van der Waals surface area contributed by atoms with E-state index in [2.05, 4.69) is 14.9 Å². The van der Waals surface area contributed by atoms with Gasteiger partial charge in [0.2, 0.25) is 5.95 Å². The minimum atomic E-state index is -0.0754. The van der Waals surface area contributed by atoms with Gasteiger partial charge in [-0.05, 0) is 6.07 Å². The van der Waals surface area contributed by atoms with Crippen LogP contribution in [0.5, 0.6) is 0 Å². The molecule has 1 aromatic heterocycles. The van der Waals surface area contributed by atoms with Crippen LogP contribution in [0.15, 0.2) is 12.3 Å². The van der Waals surface area contributed by atoms with Gasteiger partial charge in [0.05, 0.1) is 18.8 Å². The maximum Gasteiger partial charge on any atom is 0.227 e. The summed E-state index contributed by atoms with van der Waals surface area (Å²) in [6.07, 6.45) is 3.73. The first-order valence-electron chi connectivity index (χ1n) is 7.16. The first kappa shape index (κ1) is 13.6. The van der Waals surface area contributed by atoms with Crippen LogP contribution in [0.2, 0.25) is 0 Å². The van der Waals surface area contributed by atoms with Gasteiger partial charge in [0.1, 0.15) is 5.82 Å². The number of morpholine rings is 1. The fourth-order valence-corrected chi connectivity index (χ4v) is 2.80. The van der Waals surface area contributed by atoms with Gasteiger partial charge in [0, 0.05) is 52.9 Å². The van der Waals surface area contributed by atoms with E-state index in [9.17, 15) is 0 Å². The molecule has 2 aliphatic rings. The molecular weight excluding hydrogens is 256 g/mol. The quantitative estimate of drug-likeness (QED) is 0.802. The monoisotopic (exact) mass is 278 g/mol. The van der Waals surface area contributed by atoms with Crippen LogP contribution >= 0.6 is 0 Å². The summed E-state index contributed by atoms with van der Waals surface area (Å²) in [7, 11) is 3.98. The molecule has 2 fully saturated rings. The predicted molar refractivity (Wildman–Crippen MR) is 77.3 cm³/mol. The lowest BCUT2D eigenvalue weighted by Gasteiger charge is -2.44. The highest BCUT2D eigenvalue weighted by molar-refractivity contribution is 5.43. The highest BCUT2D eigenvalue weighted by atomic mass is 16.5. The van der Waals surface area contributed by atoms with Crippen LogP contribution in [-0.2, 0) is 9.47 Å². The summed E-state index contributed by atoms with van der Waals surface area (Å²) >= 11 is 0. The van der Waals surface area contributed by atoms with E-state index in [0.717, 1.165) is 57.5 Å². The van der Waals surface area contributed by atoms with Crippen LogP contribution in [0.1, 0.15) is 12.8 Å². The number of aromatic nitrogens is 2. The summed E-state index contributed by atoms with van der Waals surface area (Å²) in [5, 5.41) is 0. The summed E-state index contributed by atoms with van der Waals surface area (Å²) < 4.78 is 11.5. The lowest BCUT2D eigenvalue weighted by molar-refractivity contribution is -0.116. The van der Waals surface area contributed by atoms with Gasteiger partial charge in [-0.25, -0.2) is 4.98 Å². The lowest BCUT2D eigenvalue weighted by atomic mass is 9.92. The largest absolute Gasteiger partial charge is 0.381 e. The fraction of sp³-hybridized carbons (Fsp3) is 0.714. The fourth-order valence-electron chi connectivity index (χ4n) is 2.80. The van der Waals surface area contributed by atoms with E-state index in [1.807, 2.05) is 31.3 Å². The summed E-state index contributed by atoms with van der Waals surface area (Å²) in [4.78, 5) is 13.3. The molecule has 1 aromatic rings. The third-order valence-corrected chi connectivity index (χ3v) is 4.02. The van der Waals surface area contributed by atoms with Crippen molar-refractivity contribution in [3.63, 3.8) is 0 Å². The van der Waals surface area contributed by atoms with Gasteiger partial charge in [-0.1, -0.05) is 0 Å². The Kier molecular flexibility index (Phi) is 3.76. The van der Waals surface area contributed by atoms with E-state index in [1.54, 1.807) is 0 Å². The van der Waals surface area contributed by atoms with Crippen LogP contribution in [0.3, 0.4) is 0 Å². The topological polar surface area (TPSA) is 50.7 Å². The van der Waals surface area contributed by atoms with Crippen LogP contribution in [-0.4, -0.2) is 62.6 Å². The second-order valence-electron chi connectivity index (χ2n) is 5.67. The Labute approximate surface area is 119 Å². The van der Waals surface area contributed by atoms with E-state index in [4.69, 9.17) is 9.47 Å². The number of ether oxygens (including phenoxy) is 2. The molecule has 0 atom stereocenters. The molecule has 6 heteroatoms. The molecule has 0 radical (unpaired) electrons. The molecule has 1 spiro atoms. The van der Waals surface area contributed by atoms with Crippen molar-refractivity contribution >= 4 is 11.8 Å². The minimum absolute atomic E-state index is 0.0754. The predicted octanol–water partition coefficient (Wildman–Crippen LogP) is 0.928. The number of rotatable bonds is 2. The number of nitrogens with zero attached hydrogens (tertiary/aromatic N) is 4. The maximum absolute atomic E-state index is 6.05. The van der Waals surface area contributed by atoms with Crippen LogP contribution in [0.25, 0.3) is 0 Å². The normalized spacial score (nSPS) is 22.0. The molecule has 0 bridgehead atoms. The zero-order valence-electron chi connectivity index (χ0n) is 12.2. The van der Waals surface area contributed by atoms with Crippen molar-refractivity contribution in [1.82, 2.24) is 9.97 Å². The van der Waals surface area contributed by atoms with E-state index >= 15 is 0 Å². The Bertz CT molecular complexity index is 455. The molecular formula is C14H22N4O2. The molecule has 0 aliphatic carbocycles. The molecule has 3 rings (SSSR count). The lowest BCUT2D eigenvalue weighted by Crippen LogP contribution is -2.55. The molecule has 6 nitrogen and oxygen atoms in total. The third kappa shape index (κ3) is 2.71. The van der Waals surface area contributed by atoms with Crippen molar-refractivity contribution in [2.75, 3.05) is 56.8 Å². The molecule has 0 unspecified atom stereocenters. The molecule has 0 saturated carbocycles. The summed E-state index contributed by atoms with van der Waals surface area (Å²) in [6, 6.07) is 1.92. The molecule has 0 aromatic carbocycles. The molecule has 0 amide bonds. The zero-order chi connectivity index (χ0) is 14.0. The Morgan fingerprint density at radius 3 is 2.80 bits per heavy atom. The van der Waals surface area contributed by atoms with E-state index in [0.29, 0.717) is 0 Å². The third-order valence-electron chi connectivity index (χ3n) is 4.02. The zero-order valence-corrected chi connectivity index (χ0v) is 12.2. The van der Waals surface area contributed by atoms with Crippen LogP contribution in [0, 0.1) is 0 Å². The van der Waals surface area contributed by atoms with Crippen LogP contribution < -0.4 is 9.80 Å². The van der Waals surface area contributed by atoms with Gasteiger partial charge in [-0.15, -0.1) is 0 Å². The first-order chi connectivity index (χ1) is 9.69. The van der Waals surface area contributed by atoms with E-state index in [1.165, 1.54) is 0 Å². The average molecular weight is 278 g/mol. The highest BCUT2D eigenvalue weighted by Crippen LogP contribution is 2.30. The molecule has 0 N–H and O–H groups in total. The van der Waals surface area contributed by atoms with Crippen molar-refractivity contribution < 1.29 is 9.47 Å². The van der Waals surface area contributed by atoms with Crippen molar-refractivity contribution in [2.24, 2.45) is 0 Å². The number of hydrogen-bond donors (Lipinski definition) is 0. The molecule has 20 heavy (non-hydrogen) atoms. The maximum atomic E-state index is 6.05. The van der Waals surface area contributed by atoms with Gasteiger partial charge in [-0.3, -0.25) is 0 Å². The number of anilines is 2. The van der Waals surface area contributed by atoms with E-state index < -0.39 is 0 Å². The summed E-state index contributed by atoms with van der Waals surface area (Å²) in [5.41, 5.74) is -0.0754. The van der Waals surface area contributed by atoms with Gasteiger partial charge >= 0.3 is 0 Å². The second kappa shape index (κ2) is 5.54. The second-order valence-corrected chi connectivity index (χ2v) is 5.67. The molecule has 2 aliphatic heterocycles. The van der Waals surface area contributed by atoms with Gasteiger partial charge < -0.3 is 19.3 Å². The minimum Gasteiger partial charge on any atom is -0.381 e. The Morgan fingerprint density at radius 1 is 1.25 bits per heavy atom. The van der Waals surface area contributed by atoms with Crippen molar-refractivity contribution in [1.29, 1.82) is 0 Å². The van der Waals surface area contributed by atoms with Crippen LogP contribution in [0.4, 0.5) is 11.8 Å². The van der Waals surface area contributed by atoms with E-state index in [-0.39, 0.29) is 5.60 Å². The molecule has 110 valence electrons.